The second kappa shape index (κ2) is 3.54. The van der Waals surface area contributed by atoms with Gasteiger partial charge in [-0.1, -0.05) is 6.07 Å². The lowest BCUT2D eigenvalue weighted by atomic mass is 10.1. The van der Waals surface area contributed by atoms with Crippen LogP contribution in [0.5, 0.6) is 0 Å². The standard InChI is InChI=1S/C9H13FN2/c1-6(12-2)9-7(10)4-3-5-8(9)11/h3-6,12H,11H2,1-2H3/t6-/m0/s1. The number of nitrogen functional groups attached to an aromatic ring is 1. The van der Waals surface area contributed by atoms with Gasteiger partial charge in [0.15, 0.2) is 0 Å². The highest BCUT2D eigenvalue weighted by atomic mass is 19.1. The Morgan fingerprint density at radius 2 is 2.17 bits per heavy atom. The highest BCUT2D eigenvalue weighted by Crippen LogP contribution is 2.22. The van der Waals surface area contributed by atoms with Crippen molar-refractivity contribution in [2.75, 3.05) is 12.8 Å². The Morgan fingerprint density at radius 3 is 2.67 bits per heavy atom. The van der Waals surface area contributed by atoms with Crippen LogP contribution >= 0.6 is 0 Å². The number of benzene rings is 1. The van der Waals surface area contributed by atoms with Crippen LogP contribution in [0, 0.1) is 5.82 Å². The van der Waals surface area contributed by atoms with Crippen molar-refractivity contribution in [1.29, 1.82) is 0 Å². The van der Waals surface area contributed by atoms with Crippen LogP contribution in [0.3, 0.4) is 0 Å². The number of hydrogen-bond acceptors (Lipinski definition) is 2. The van der Waals surface area contributed by atoms with Crippen LogP contribution in [-0.4, -0.2) is 7.05 Å². The number of rotatable bonds is 2. The molecule has 0 fully saturated rings. The number of nitrogens with two attached hydrogens (primary N) is 1. The van der Waals surface area contributed by atoms with E-state index < -0.39 is 0 Å². The highest BCUT2D eigenvalue weighted by Gasteiger charge is 2.11. The second-order valence-corrected chi connectivity index (χ2v) is 2.75. The van der Waals surface area contributed by atoms with Crippen LogP contribution < -0.4 is 11.1 Å². The van der Waals surface area contributed by atoms with Crippen LogP contribution in [0.2, 0.25) is 0 Å². The average molecular weight is 168 g/mol. The Balaban J connectivity index is 3.12. The fraction of sp³-hybridized carbons (Fsp3) is 0.333. The molecule has 0 radical (unpaired) electrons. The molecule has 0 heterocycles. The first-order valence-corrected chi connectivity index (χ1v) is 3.88. The van der Waals surface area contributed by atoms with Crippen molar-refractivity contribution in [3.05, 3.63) is 29.6 Å². The van der Waals surface area contributed by atoms with Crippen LogP contribution in [0.15, 0.2) is 18.2 Å². The van der Waals surface area contributed by atoms with Crippen molar-refractivity contribution in [3.63, 3.8) is 0 Å². The summed E-state index contributed by atoms with van der Waals surface area (Å²) in [5.74, 6) is -0.253. The smallest absolute Gasteiger partial charge is 0.130 e. The largest absolute Gasteiger partial charge is 0.398 e. The minimum absolute atomic E-state index is 0.0498. The quantitative estimate of drug-likeness (QED) is 0.659. The molecule has 0 unspecified atom stereocenters. The first-order valence-electron chi connectivity index (χ1n) is 3.88. The summed E-state index contributed by atoms with van der Waals surface area (Å²) < 4.78 is 13.2. The van der Waals surface area contributed by atoms with Gasteiger partial charge in [-0.05, 0) is 26.1 Å². The molecular formula is C9H13FN2. The van der Waals surface area contributed by atoms with Crippen molar-refractivity contribution in [1.82, 2.24) is 5.32 Å². The van der Waals surface area contributed by atoms with Gasteiger partial charge in [-0.3, -0.25) is 0 Å². The molecule has 0 spiro atoms. The molecule has 3 N–H and O–H groups in total. The normalized spacial score (nSPS) is 12.9. The Bertz CT molecular complexity index is 253. The second-order valence-electron chi connectivity index (χ2n) is 2.75. The predicted molar refractivity (Wildman–Crippen MR) is 48.3 cm³/mol. The van der Waals surface area contributed by atoms with E-state index in [1.165, 1.54) is 6.07 Å². The molecule has 0 aromatic heterocycles. The zero-order valence-corrected chi connectivity index (χ0v) is 7.26. The summed E-state index contributed by atoms with van der Waals surface area (Å²) in [6.07, 6.45) is 0. The number of anilines is 1. The third-order valence-electron chi connectivity index (χ3n) is 1.95. The van der Waals surface area contributed by atoms with Crippen molar-refractivity contribution in [2.24, 2.45) is 0 Å². The summed E-state index contributed by atoms with van der Waals surface area (Å²) in [6, 6.07) is 4.67. The summed E-state index contributed by atoms with van der Waals surface area (Å²) >= 11 is 0. The topological polar surface area (TPSA) is 38.0 Å². The van der Waals surface area contributed by atoms with Crippen LogP contribution in [-0.2, 0) is 0 Å². The monoisotopic (exact) mass is 168 g/mol. The molecule has 12 heavy (non-hydrogen) atoms. The van der Waals surface area contributed by atoms with Crippen molar-refractivity contribution in [3.8, 4) is 0 Å². The average Bonchev–Trinajstić information content (AvgIpc) is 2.03. The van der Waals surface area contributed by atoms with Crippen LogP contribution in [0.4, 0.5) is 10.1 Å². The summed E-state index contributed by atoms with van der Waals surface area (Å²) in [5.41, 5.74) is 6.66. The van der Waals surface area contributed by atoms with Crippen molar-refractivity contribution >= 4 is 5.69 Å². The predicted octanol–water partition coefficient (Wildman–Crippen LogP) is 1.69. The van der Waals surface area contributed by atoms with E-state index in [-0.39, 0.29) is 11.9 Å². The first kappa shape index (κ1) is 9.00. The van der Waals surface area contributed by atoms with Gasteiger partial charge < -0.3 is 11.1 Å². The molecule has 66 valence electrons. The van der Waals surface area contributed by atoms with E-state index in [2.05, 4.69) is 5.32 Å². The van der Waals surface area contributed by atoms with Gasteiger partial charge in [-0.25, -0.2) is 4.39 Å². The van der Waals surface area contributed by atoms with Gasteiger partial charge in [-0.2, -0.15) is 0 Å². The molecule has 1 rings (SSSR count). The van der Waals surface area contributed by atoms with E-state index in [1.807, 2.05) is 6.92 Å². The first-order chi connectivity index (χ1) is 5.66. The molecule has 0 amide bonds. The van der Waals surface area contributed by atoms with Crippen molar-refractivity contribution in [2.45, 2.75) is 13.0 Å². The third kappa shape index (κ3) is 1.56. The minimum Gasteiger partial charge on any atom is -0.398 e. The third-order valence-corrected chi connectivity index (χ3v) is 1.95. The minimum atomic E-state index is -0.253. The Morgan fingerprint density at radius 1 is 1.50 bits per heavy atom. The van der Waals surface area contributed by atoms with E-state index >= 15 is 0 Å². The van der Waals surface area contributed by atoms with Gasteiger partial charge in [0.1, 0.15) is 5.82 Å². The molecule has 1 aromatic carbocycles. The molecule has 2 nitrogen and oxygen atoms in total. The number of halogens is 1. The molecule has 0 aliphatic rings. The number of hydrogen-bond donors (Lipinski definition) is 2. The molecule has 1 aromatic rings. The highest BCUT2D eigenvalue weighted by molar-refractivity contribution is 5.48. The van der Waals surface area contributed by atoms with Gasteiger partial charge >= 0.3 is 0 Å². The summed E-state index contributed by atoms with van der Waals surface area (Å²) in [7, 11) is 1.77. The lowest BCUT2D eigenvalue weighted by Gasteiger charge is -2.13. The van der Waals surface area contributed by atoms with Crippen LogP contribution in [0.1, 0.15) is 18.5 Å². The van der Waals surface area contributed by atoms with Gasteiger partial charge in [0.25, 0.3) is 0 Å². The summed E-state index contributed by atoms with van der Waals surface area (Å²) in [5, 5.41) is 2.94. The molecule has 0 saturated heterocycles. The maximum absolute atomic E-state index is 13.2. The SMILES string of the molecule is CN[C@@H](C)c1c(N)cccc1F. The Hall–Kier alpha value is -1.09. The molecular weight excluding hydrogens is 155 g/mol. The Labute approximate surface area is 71.6 Å². The maximum Gasteiger partial charge on any atom is 0.130 e. The van der Waals surface area contributed by atoms with E-state index in [1.54, 1.807) is 19.2 Å². The maximum atomic E-state index is 13.2. The van der Waals surface area contributed by atoms with Crippen LogP contribution in [0.25, 0.3) is 0 Å². The van der Waals surface area contributed by atoms with E-state index in [0.717, 1.165) is 0 Å². The molecule has 0 bridgehead atoms. The lowest BCUT2D eigenvalue weighted by molar-refractivity contribution is 0.564. The molecule has 0 saturated carbocycles. The Kier molecular flexibility index (Phi) is 2.65. The van der Waals surface area contributed by atoms with Gasteiger partial charge in [0, 0.05) is 17.3 Å². The van der Waals surface area contributed by atoms with E-state index in [9.17, 15) is 4.39 Å². The van der Waals surface area contributed by atoms with E-state index in [4.69, 9.17) is 5.73 Å². The van der Waals surface area contributed by atoms with E-state index in [0.29, 0.717) is 11.3 Å². The molecule has 3 heteroatoms. The van der Waals surface area contributed by atoms with Gasteiger partial charge in [0.05, 0.1) is 0 Å². The van der Waals surface area contributed by atoms with Gasteiger partial charge in [-0.15, -0.1) is 0 Å². The van der Waals surface area contributed by atoms with Crippen molar-refractivity contribution < 1.29 is 4.39 Å². The molecule has 0 aliphatic heterocycles. The lowest BCUT2D eigenvalue weighted by Crippen LogP contribution is -2.15. The molecule has 1 atom stereocenters. The number of nitrogens with one attached hydrogen (secondary N) is 1. The fourth-order valence-electron chi connectivity index (χ4n) is 1.15. The zero-order chi connectivity index (χ0) is 9.14. The summed E-state index contributed by atoms with van der Waals surface area (Å²) in [6.45, 7) is 1.87. The molecule has 0 aliphatic carbocycles. The zero-order valence-electron chi connectivity index (χ0n) is 7.26. The van der Waals surface area contributed by atoms with Gasteiger partial charge in [0.2, 0.25) is 0 Å². The summed E-state index contributed by atoms with van der Waals surface area (Å²) in [4.78, 5) is 0. The fourth-order valence-corrected chi connectivity index (χ4v) is 1.15.